The molecule has 0 aromatic heterocycles. The van der Waals surface area contributed by atoms with Gasteiger partial charge in [-0.05, 0) is 22.0 Å². The van der Waals surface area contributed by atoms with E-state index < -0.39 is 0 Å². The van der Waals surface area contributed by atoms with Crippen molar-refractivity contribution < 1.29 is 4.74 Å². The maximum Gasteiger partial charge on any atom is 0.144 e. The van der Waals surface area contributed by atoms with Crippen molar-refractivity contribution in [1.29, 1.82) is 0 Å². The van der Waals surface area contributed by atoms with Crippen molar-refractivity contribution in [2.75, 3.05) is 6.61 Å². The molecule has 1 aliphatic heterocycles. The van der Waals surface area contributed by atoms with Gasteiger partial charge in [-0.15, -0.1) is 0 Å². The second kappa shape index (κ2) is 5.35. The third-order valence-electron chi connectivity index (χ3n) is 2.70. The minimum atomic E-state index is 0.196. The van der Waals surface area contributed by atoms with Crippen LogP contribution >= 0.6 is 39.1 Å². The molecule has 0 radical (unpaired) electrons. The molecule has 5 heteroatoms. The van der Waals surface area contributed by atoms with E-state index in [1.807, 2.05) is 0 Å². The molecule has 1 heterocycles. The van der Waals surface area contributed by atoms with Gasteiger partial charge >= 0.3 is 0 Å². The van der Waals surface area contributed by atoms with Crippen molar-refractivity contribution in [3.8, 4) is 5.75 Å². The second-order valence-electron chi connectivity index (χ2n) is 4.41. The van der Waals surface area contributed by atoms with E-state index in [1.165, 1.54) is 0 Å². The quantitative estimate of drug-likeness (QED) is 0.797. The zero-order valence-corrected chi connectivity index (χ0v) is 12.8. The molecule has 1 aromatic carbocycles. The van der Waals surface area contributed by atoms with Gasteiger partial charge in [0.1, 0.15) is 5.75 Å². The first-order valence-electron chi connectivity index (χ1n) is 5.57. The van der Waals surface area contributed by atoms with Crippen molar-refractivity contribution in [2.45, 2.75) is 32.4 Å². The number of halogens is 3. The molecule has 0 saturated heterocycles. The summed E-state index contributed by atoms with van der Waals surface area (Å²) < 4.78 is 6.43. The first-order chi connectivity index (χ1) is 8.00. The predicted molar refractivity (Wildman–Crippen MR) is 75.3 cm³/mol. The molecule has 0 aliphatic carbocycles. The van der Waals surface area contributed by atoms with E-state index in [2.05, 4.69) is 35.1 Å². The highest BCUT2D eigenvalue weighted by Crippen LogP contribution is 2.45. The zero-order chi connectivity index (χ0) is 12.6. The lowest BCUT2D eigenvalue weighted by Crippen LogP contribution is -2.32. The van der Waals surface area contributed by atoms with Crippen LogP contribution in [0, 0.1) is 0 Å². The van der Waals surface area contributed by atoms with Gasteiger partial charge < -0.3 is 10.1 Å². The van der Waals surface area contributed by atoms with Crippen LogP contribution in [-0.2, 0) is 0 Å². The topological polar surface area (TPSA) is 21.3 Å². The smallest absolute Gasteiger partial charge is 0.144 e. The van der Waals surface area contributed by atoms with Crippen LogP contribution in [0.15, 0.2) is 10.5 Å². The van der Waals surface area contributed by atoms with Crippen LogP contribution in [0.25, 0.3) is 0 Å². The van der Waals surface area contributed by atoms with Crippen LogP contribution in [0.1, 0.15) is 31.9 Å². The Morgan fingerprint density at radius 2 is 2.18 bits per heavy atom. The van der Waals surface area contributed by atoms with Crippen molar-refractivity contribution in [3.63, 3.8) is 0 Å². The monoisotopic (exact) mass is 337 g/mol. The zero-order valence-electron chi connectivity index (χ0n) is 9.69. The summed E-state index contributed by atoms with van der Waals surface area (Å²) in [7, 11) is 0. The number of fused-ring (bicyclic) bond motifs is 1. The molecule has 0 amide bonds. The van der Waals surface area contributed by atoms with Crippen molar-refractivity contribution >= 4 is 39.1 Å². The highest BCUT2D eigenvalue weighted by Gasteiger charge is 2.28. The third kappa shape index (κ3) is 2.73. The SMILES string of the molecule is CC(C)NC1CCOc2c(Cl)cc(Br)c(Cl)c21. The number of nitrogens with one attached hydrogen (secondary N) is 1. The number of hydrogen-bond donors (Lipinski definition) is 1. The lowest BCUT2D eigenvalue weighted by Gasteiger charge is -2.30. The first kappa shape index (κ1) is 13.5. The van der Waals surface area contributed by atoms with Gasteiger partial charge in [-0.3, -0.25) is 0 Å². The number of benzene rings is 1. The maximum absolute atomic E-state index is 6.34. The Labute approximate surface area is 120 Å². The van der Waals surface area contributed by atoms with Crippen LogP contribution in [0.3, 0.4) is 0 Å². The number of rotatable bonds is 2. The van der Waals surface area contributed by atoms with Gasteiger partial charge in [-0.1, -0.05) is 37.0 Å². The fourth-order valence-electron chi connectivity index (χ4n) is 2.05. The molecule has 0 bridgehead atoms. The van der Waals surface area contributed by atoms with E-state index in [0.29, 0.717) is 28.4 Å². The van der Waals surface area contributed by atoms with Gasteiger partial charge in [0.15, 0.2) is 0 Å². The van der Waals surface area contributed by atoms with E-state index in [9.17, 15) is 0 Å². The van der Waals surface area contributed by atoms with E-state index in [1.54, 1.807) is 6.07 Å². The van der Waals surface area contributed by atoms with E-state index in [0.717, 1.165) is 16.5 Å². The van der Waals surface area contributed by atoms with Crippen molar-refractivity contribution in [3.05, 3.63) is 26.1 Å². The third-order valence-corrected chi connectivity index (χ3v) is 4.24. The summed E-state index contributed by atoms with van der Waals surface area (Å²) >= 11 is 15.9. The molecule has 0 spiro atoms. The average molecular weight is 339 g/mol. The minimum absolute atomic E-state index is 0.196. The molecule has 1 aliphatic rings. The predicted octanol–water partition coefficient (Wildman–Crippen LogP) is 4.58. The Morgan fingerprint density at radius 1 is 1.47 bits per heavy atom. The Kier molecular flexibility index (Phi) is 4.24. The largest absolute Gasteiger partial charge is 0.492 e. The summed E-state index contributed by atoms with van der Waals surface area (Å²) in [6.07, 6.45) is 0.900. The molecular formula is C12H14BrCl2NO. The van der Waals surface area contributed by atoms with E-state index in [-0.39, 0.29) is 6.04 Å². The standard InChI is InChI=1S/C12H14BrCl2NO/c1-6(2)16-9-3-4-17-12-8(14)5-7(13)11(15)10(9)12/h5-6,9,16H,3-4H2,1-2H3. The highest BCUT2D eigenvalue weighted by molar-refractivity contribution is 9.10. The molecule has 2 rings (SSSR count). The van der Waals surface area contributed by atoms with Gasteiger partial charge in [0.25, 0.3) is 0 Å². The molecule has 94 valence electrons. The fourth-order valence-corrected chi connectivity index (χ4v) is 3.16. The lowest BCUT2D eigenvalue weighted by molar-refractivity contribution is 0.247. The lowest BCUT2D eigenvalue weighted by atomic mass is 9.99. The molecule has 0 saturated carbocycles. The van der Waals surface area contributed by atoms with E-state index >= 15 is 0 Å². The van der Waals surface area contributed by atoms with Gasteiger partial charge in [-0.2, -0.15) is 0 Å². The fraction of sp³-hybridized carbons (Fsp3) is 0.500. The Balaban J connectivity index is 2.48. The van der Waals surface area contributed by atoms with Gasteiger partial charge in [-0.25, -0.2) is 0 Å². The average Bonchev–Trinajstić information content (AvgIpc) is 2.25. The molecule has 1 aromatic rings. The Hall–Kier alpha value is 0.0400. The Bertz CT molecular complexity index is 437. The molecule has 1 unspecified atom stereocenters. The van der Waals surface area contributed by atoms with Crippen molar-refractivity contribution in [2.24, 2.45) is 0 Å². The summed E-state index contributed by atoms with van der Waals surface area (Å²) in [4.78, 5) is 0. The number of ether oxygens (including phenoxy) is 1. The first-order valence-corrected chi connectivity index (χ1v) is 7.11. The molecular weight excluding hydrogens is 325 g/mol. The van der Waals surface area contributed by atoms with Crippen molar-refractivity contribution in [1.82, 2.24) is 5.32 Å². The van der Waals surface area contributed by atoms with Crippen LogP contribution < -0.4 is 10.1 Å². The second-order valence-corrected chi connectivity index (χ2v) is 6.05. The number of hydrogen-bond acceptors (Lipinski definition) is 2. The molecule has 17 heavy (non-hydrogen) atoms. The van der Waals surface area contributed by atoms with Crippen LogP contribution in [0.2, 0.25) is 10.0 Å². The Morgan fingerprint density at radius 3 is 2.82 bits per heavy atom. The molecule has 1 atom stereocenters. The molecule has 0 fully saturated rings. The minimum Gasteiger partial charge on any atom is -0.492 e. The van der Waals surface area contributed by atoms with Crippen LogP contribution in [0.5, 0.6) is 5.75 Å². The maximum atomic E-state index is 6.34. The summed E-state index contributed by atoms with van der Waals surface area (Å²) in [6.45, 7) is 4.89. The summed E-state index contributed by atoms with van der Waals surface area (Å²) in [5.41, 5.74) is 0.964. The summed E-state index contributed by atoms with van der Waals surface area (Å²) in [6, 6.07) is 2.36. The van der Waals surface area contributed by atoms with Gasteiger partial charge in [0.2, 0.25) is 0 Å². The summed E-state index contributed by atoms with van der Waals surface area (Å²) in [5.74, 6) is 0.712. The van der Waals surface area contributed by atoms with E-state index in [4.69, 9.17) is 27.9 Å². The highest BCUT2D eigenvalue weighted by atomic mass is 79.9. The van der Waals surface area contributed by atoms with Crippen LogP contribution in [0.4, 0.5) is 0 Å². The van der Waals surface area contributed by atoms with Gasteiger partial charge in [0, 0.05) is 28.5 Å². The van der Waals surface area contributed by atoms with Crippen LogP contribution in [-0.4, -0.2) is 12.6 Å². The normalized spacial score (nSPS) is 19.1. The summed E-state index contributed by atoms with van der Waals surface area (Å²) in [5, 5.41) is 4.78. The molecule has 2 nitrogen and oxygen atoms in total. The molecule has 1 N–H and O–H groups in total. The van der Waals surface area contributed by atoms with Gasteiger partial charge in [0.05, 0.1) is 16.7 Å².